The molecule has 1 aromatic carbocycles. The summed E-state index contributed by atoms with van der Waals surface area (Å²) in [5, 5.41) is 2.92. The SMILES string of the molecule is Cc1nc(-c2cccc(NC(=O)C3(N)CCCC3)c2)oc1C. The number of carbonyl (C=O) groups excluding carboxylic acids is 1. The molecule has 116 valence electrons. The van der Waals surface area contributed by atoms with Gasteiger partial charge in [-0.1, -0.05) is 18.9 Å². The lowest BCUT2D eigenvalue weighted by Crippen LogP contribution is -2.48. The predicted molar refractivity (Wildman–Crippen MR) is 85.4 cm³/mol. The lowest BCUT2D eigenvalue weighted by atomic mass is 9.98. The second kappa shape index (κ2) is 5.57. The lowest BCUT2D eigenvalue weighted by molar-refractivity contribution is -0.121. The molecule has 0 saturated heterocycles. The number of aryl methyl sites for hydroxylation is 2. The maximum absolute atomic E-state index is 12.4. The predicted octanol–water partition coefficient (Wildman–Crippen LogP) is 3.17. The minimum absolute atomic E-state index is 0.109. The first-order valence-electron chi connectivity index (χ1n) is 7.63. The number of aromatic nitrogens is 1. The van der Waals surface area contributed by atoms with Crippen molar-refractivity contribution in [2.45, 2.75) is 45.1 Å². The second-order valence-electron chi connectivity index (χ2n) is 6.06. The zero-order valence-electron chi connectivity index (χ0n) is 13.0. The summed E-state index contributed by atoms with van der Waals surface area (Å²) in [7, 11) is 0. The molecule has 5 heteroatoms. The van der Waals surface area contributed by atoms with E-state index in [2.05, 4.69) is 10.3 Å². The van der Waals surface area contributed by atoms with Crippen molar-refractivity contribution in [3.8, 4) is 11.5 Å². The number of hydrogen-bond acceptors (Lipinski definition) is 4. The summed E-state index contributed by atoms with van der Waals surface area (Å²) in [4.78, 5) is 16.8. The number of nitrogens with zero attached hydrogens (tertiary/aromatic N) is 1. The first kappa shape index (κ1) is 14.8. The first-order valence-corrected chi connectivity index (χ1v) is 7.63. The van der Waals surface area contributed by atoms with Gasteiger partial charge < -0.3 is 15.5 Å². The van der Waals surface area contributed by atoms with Gasteiger partial charge in [0.05, 0.1) is 11.2 Å². The van der Waals surface area contributed by atoms with Gasteiger partial charge in [0, 0.05) is 11.3 Å². The van der Waals surface area contributed by atoms with E-state index in [4.69, 9.17) is 10.2 Å². The van der Waals surface area contributed by atoms with Crippen molar-refractivity contribution in [3.63, 3.8) is 0 Å². The average Bonchev–Trinajstić information content (AvgIpc) is 3.07. The van der Waals surface area contributed by atoms with E-state index in [0.717, 1.165) is 42.7 Å². The Morgan fingerprint density at radius 2 is 2.05 bits per heavy atom. The van der Waals surface area contributed by atoms with Gasteiger partial charge in [0.2, 0.25) is 11.8 Å². The third-order valence-corrected chi connectivity index (χ3v) is 4.34. The van der Waals surface area contributed by atoms with Crippen LogP contribution in [0.3, 0.4) is 0 Å². The molecule has 3 rings (SSSR count). The van der Waals surface area contributed by atoms with Gasteiger partial charge in [-0.15, -0.1) is 0 Å². The van der Waals surface area contributed by atoms with Gasteiger partial charge in [0.25, 0.3) is 0 Å². The van der Waals surface area contributed by atoms with Crippen LogP contribution < -0.4 is 11.1 Å². The first-order chi connectivity index (χ1) is 10.5. The fourth-order valence-electron chi connectivity index (χ4n) is 2.81. The summed E-state index contributed by atoms with van der Waals surface area (Å²) >= 11 is 0. The Morgan fingerprint density at radius 1 is 1.32 bits per heavy atom. The highest BCUT2D eigenvalue weighted by molar-refractivity contribution is 5.98. The molecule has 1 aromatic heterocycles. The molecule has 2 aromatic rings. The number of benzene rings is 1. The molecule has 5 nitrogen and oxygen atoms in total. The number of amides is 1. The van der Waals surface area contributed by atoms with Crippen molar-refractivity contribution in [1.29, 1.82) is 0 Å². The van der Waals surface area contributed by atoms with Crippen molar-refractivity contribution in [2.24, 2.45) is 5.73 Å². The van der Waals surface area contributed by atoms with Crippen molar-refractivity contribution in [2.75, 3.05) is 5.32 Å². The summed E-state index contributed by atoms with van der Waals surface area (Å²) in [5.41, 5.74) is 7.88. The minimum atomic E-state index is -0.730. The minimum Gasteiger partial charge on any atom is -0.441 e. The van der Waals surface area contributed by atoms with Crippen molar-refractivity contribution >= 4 is 11.6 Å². The zero-order chi connectivity index (χ0) is 15.7. The molecule has 0 unspecified atom stereocenters. The highest BCUT2D eigenvalue weighted by Gasteiger charge is 2.36. The van der Waals surface area contributed by atoms with E-state index >= 15 is 0 Å². The summed E-state index contributed by atoms with van der Waals surface area (Å²) in [5.74, 6) is 1.26. The summed E-state index contributed by atoms with van der Waals surface area (Å²) in [6.45, 7) is 3.79. The number of carbonyl (C=O) groups is 1. The molecule has 1 fully saturated rings. The largest absolute Gasteiger partial charge is 0.441 e. The van der Waals surface area contributed by atoms with Crippen LogP contribution in [0.5, 0.6) is 0 Å². The molecule has 0 aliphatic heterocycles. The van der Waals surface area contributed by atoms with Crippen molar-refractivity contribution < 1.29 is 9.21 Å². The Bertz CT molecular complexity index is 680. The van der Waals surface area contributed by atoms with Crippen LogP contribution in [0.1, 0.15) is 37.1 Å². The molecule has 0 atom stereocenters. The summed E-state index contributed by atoms with van der Waals surface area (Å²) in [6, 6.07) is 7.50. The number of oxazole rings is 1. The van der Waals surface area contributed by atoms with Crippen molar-refractivity contribution in [3.05, 3.63) is 35.7 Å². The van der Waals surface area contributed by atoms with Crippen LogP contribution in [0, 0.1) is 13.8 Å². The van der Waals surface area contributed by atoms with E-state index in [-0.39, 0.29) is 5.91 Å². The quantitative estimate of drug-likeness (QED) is 0.912. The number of nitrogens with two attached hydrogens (primary N) is 1. The Hall–Kier alpha value is -2.14. The van der Waals surface area contributed by atoms with E-state index in [1.54, 1.807) is 0 Å². The standard InChI is InChI=1S/C17H21N3O2/c1-11-12(2)22-15(19-11)13-6-5-7-14(10-13)20-16(21)17(18)8-3-4-9-17/h5-7,10H,3-4,8-9,18H2,1-2H3,(H,20,21). The van der Waals surface area contributed by atoms with Gasteiger partial charge in [-0.3, -0.25) is 4.79 Å². The monoisotopic (exact) mass is 299 g/mol. The van der Waals surface area contributed by atoms with E-state index < -0.39 is 5.54 Å². The average molecular weight is 299 g/mol. The number of hydrogen-bond donors (Lipinski definition) is 2. The van der Waals surface area contributed by atoms with Gasteiger partial charge in [0.15, 0.2) is 0 Å². The molecular weight excluding hydrogens is 278 g/mol. The molecule has 22 heavy (non-hydrogen) atoms. The normalized spacial score (nSPS) is 16.7. The Labute approximate surface area is 129 Å². The molecule has 0 bridgehead atoms. The molecule has 1 heterocycles. The Morgan fingerprint density at radius 3 is 2.68 bits per heavy atom. The van der Waals surface area contributed by atoms with Gasteiger partial charge in [-0.2, -0.15) is 0 Å². The van der Waals surface area contributed by atoms with Crippen LogP contribution >= 0.6 is 0 Å². The fourth-order valence-corrected chi connectivity index (χ4v) is 2.81. The smallest absolute Gasteiger partial charge is 0.244 e. The molecule has 1 aliphatic carbocycles. The Kier molecular flexibility index (Phi) is 3.74. The number of rotatable bonds is 3. The molecular formula is C17H21N3O2. The van der Waals surface area contributed by atoms with E-state index in [1.807, 2.05) is 38.1 Å². The molecule has 1 amide bonds. The van der Waals surface area contributed by atoms with E-state index in [9.17, 15) is 4.79 Å². The lowest BCUT2D eigenvalue weighted by Gasteiger charge is -2.22. The fraction of sp³-hybridized carbons (Fsp3) is 0.412. The topological polar surface area (TPSA) is 81.2 Å². The van der Waals surface area contributed by atoms with E-state index in [0.29, 0.717) is 11.6 Å². The van der Waals surface area contributed by atoms with Gasteiger partial charge in [-0.25, -0.2) is 4.98 Å². The van der Waals surface area contributed by atoms with Gasteiger partial charge >= 0.3 is 0 Å². The molecule has 0 radical (unpaired) electrons. The summed E-state index contributed by atoms with van der Waals surface area (Å²) < 4.78 is 5.63. The zero-order valence-corrected chi connectivity index (χ0v) is 13.0. The van der Waals surface area contributed by atoms with Gasteiger partial charge in [0.1, 0.15) is 5.76 Å². The maximum atomic E-state index is 12.4. The van der Waals surface area contributed by atoms with Crippen LogP contribution in [0.25, 0.3) is 11.5 Å². The number of anilines is 1. The highest BCUT2D eigenvalue weighted by atomic mass is 16.4. The molecule has 3 N–H and O–H groups in total. The van der Waals surface area contributed by atoms with Crippen molar-refractivity contribution in [1.82, 2.24) is 4.98 Å². The van der Waals surface area contributed by atoms with Crippen LogP contribution in [0.2, 0.25) is 0 Å². The third-order valence-electron chi connectivity index (χ3n) is 4.34. The maximum Gasteiger partial charge on any atom is 0.244 e. The van der Waals surface area contributed by atoms with E-state index in [1.165, 1.54) is 0 Å². The second-order valence-corrected chi connectivity index (χ2v) is 6.06. The third kappa shape index (κ3) is 2.76. The van der Waals surface area contributed by atoms with Crippen LogP contribution in [0.15, 0.2) is 28.7 Å². The van der Waals surface area contributed by atoms with Crippen LogP contribution in [-0.2, 0) is 4.79 Å². The molecule has 1 aliphatic rings. The molecule has 0 spiro atoms. The van der Waals surface area contributed by atoms with Crippen LogP contribution in [0.4, 0.5) is 5.69 Å². The number of nitrogens with one attached hydrogen (secondary N) is 1. The molecule has 1 saturated carbocycles. The van der Waals surface area contributed by atoms with Gasteiger partial charge in [-0.05, 0) is 44.9 Å². The Balaban J connectivity index is 1.81. The highest BCUT2D eigenvalue weighted by Crippen LogP contribution is 2.29. The summed E-state index contributed by atoms with van der Waals surface area (Å²) in [6.07, 6.45) is 3.52. The van der Waals surface area contributed by atoms with Crippen LogP contribution in [-0.4, -0.2) is 16.4 Å².